The summed E-state index contributed by atoms with van der Waals surface area (Å²) in [6.07, 6.45) is 2.68. The molecular formula is C23H19BrN4O6S3. The first-order chi connectivity index (χ1) is 17.5. The van der Waals surface area contributed by atoms with Gasteiger partial charge in [0.15, 0.2) is 9.34 Å². The topological polar surface area (TPSA) is 135 Å². The molecule has 3 amide bonds. The maximum Gasteiger partial charge on any atom is 0.293 e. The van der Waals surface area contributed by atoms with Gasteiger partial charge in [0.05, 0.1) is 16.8 Å². The van der Waals surface area contributed by atoms with E-state index in [4.69, 9.17) is 4.74 Å². The number of rotatable bonds is 8. The van der Waals surface area contributed by atoms with E-state index in [1.807, 2.05) is 30.3 Å². The second-order valence-corrected chi connectivity index (χ2v) is 12.4. The minimum atomic E-state index is -4.08. The second-order valence-electron chi connectivity index (χ2n) is 7.66. The van der Waals surface area contributed by atoms with E-state index in [-0.39, 0.29) is 43.4 Å². The number of ether oxygens (including phenoxy) is 1. The molecule has 0 atom stereocenters. The van der Waals surface area contributed by atoms with Crippen molar-refractivity contribution in [2.45, 2.75) is 17.7 Å². The van der Waals surface area contributed by atoms with Gasteiger partial charge in [0.25, 0.3) is 21.2 Å². The largest absolute Gasteiger partial charge is 0.487 e. The van der Waals surface area contributed by atoms with E-state index in [1.165, 1.54) is 26.1 Å². The Balaban J connectivity index is 1.69. The number of amides is 3. The van der Waals surface area contributed by atoms with Crippen molar-refractivity contribution in [3.05, 3.63) is 69.2 Å². The lowest BCUT2D eigenvalue weighted by molar-refractivity contribution is -0.121. The molecule has 4 rings (SSSR count). The molecule has 3 aromatic rings. The lowest BCUT2D eigenvalue weighted by atomic mass is 10.1. The van der Waals surface area contributed by atoms with Gasteiger partial charge in [-0.3, -0.25) is 24.0 Å². The van der Waals surface area contributed by atoms with Crippen LogP contribution in [0.3, 0.4) is 0 Å². The number of hydrogen-bond acceptors (Lipinski definition) is 9. The maximum absolute atomic E-state index is 13.1. The van der Waals surface area contributed by atoms with Crippen molar-refractivity contribution in [3.63, 3.8) is 0 Å². The Hall–Kier alpha value is -3.20. The fourth-order valence-electron chi connectivity index (χ4n) is 3.09. The number of carbonyl (C=O) groups excluding carboxylic acids is 3. The number of carbonyl (C=O) groups is 3. The van der Waals surface area contributed by atoms with Gasteiger partial charge in [0, 0.05) is 18.4 Å². The molecule has 2 heterocycles. The number of hydrogen-bond donors (Lipinski definition) is 2. The molecule has 37 heavy (non-hydrogen) atoms. The molecule has 1 aliphatic rings. The Kier molecular flexibility index (Phi) is 8.02. The SMILES string of the molecule is CC(=O)Nc1ncc(S(=O)(=O)Nc2cc(Br)c(/C=C3\SC(=O)N(C)C3=O)cc2OCc2ccccc2)s1. The zero-order valence-electron chi connectivity index (χ0n) is 19.3. The molecule has 0 bridgehead atoms. The summed E-state index contributed by atoms with van der Waals surface area (Å²) < 4.78 is 35.0. The van der Waals surface area contributed by atoms with Crippen molar-refractivity contribution in [1.82, 2.24) is 9.88 Å². The second kappa shape index (κ2) is 11.0. The highest BCUT2D eigenvalue weighted by molar-refractivity contribution is 9.10. The number of nitrogens with one attached hydrogen (secondary N) is 2. The van der Waals surface area contributed by atoms with Crippen LogP contribution in [-0.4, -0.2) is 42.4 Å². The molecule has 0 saturated carbocycles. The monoisotopic (exact) mass is 622 g/mol. The van der Waals surface area contributed by atoms with Gasteiger partial charge in [-0.05, 0) is 41.1 Å². The number of likely N-dealkylation sites (N-methyl/N-ethyl adjacent to an activating group) is 1. The Morgan fingerprint density at radius 2 is 1.95 bits per heavy atom. The Morgan fingerprint density at radius 1 is 1.22 bits per heavy atom. The average molecular weight is 624 g/mol. The summed E-state index contributed by atoms with van der Waals surface area (Å²) in [4.78, 5) is 40.7. The van der Waals surface area contributed by atoms with Crippen LogP contribution in [0, 0.1) is 0 Å². The van der Waals surface area contributed by atoms with Crippen LogP contribution >= 0.6 is 39.0 Å². The van der Waals surface area contributed by atoms with Gasteiger partial charge >= 0.3 is 0 Å². The minimum absolute atomic E-state index is 0.109. The van der Waals surface area contributed by atoms with Crippen molar-refractivity contribution >= 4 is 83.0 Å². The van der Waals surface area contributed by atoms with Crippen LogP contribution in [0.4, 0.5) is 15.6 Å². The number of nitrogens with zero attached hydrogens (tertiary/aromatic N) is 2. The molecule has 1 saturated heterocycles. The first kappa shape index (κ1) is 26.9. The highest BCUT2D eigenvalue weighted by Crippen LogP contribution is 2.38. The van der Waals surface area contributed by atoms with Gasteiger partial charge in [-0.1, -0.05) is 57.6 Å². The molecule has 1 aromatic heterocycles. The third-order valence-corrected chi connectivity index (χ3v) is 9.27. The van der Waals surface area contributed by atoms with Crippen molar-refractivity contribution in [2.24, 2.45) is 0 Å². The number of thiazole rings is 1. The summed E-state index contributed by atoms with van der Waals surface area (Å²) in [5.41, 5.74) is 1.50. The molecule has 1 aliphatic heterocycles. The van der Waals surface area contributed by atoms with Gasteiger partial charge in [-0.15, -0.1) is 0 Å². The maximum atomic E-state index is 13.1. The van der Waals surface area contributed by atoms with Crippen molar-refractivity contribution in [1.29, 1.82) is 0 Å². The van der Waals surface area contributed by atoms with Crippen molar-refractivity contribution < 1.29 is 27.5 Å². The molecule has 192 valence electrons. The number of thioether (sulfide) groups is 1. The predicted octanol–water partition coefficient (Wildman–Crippen LogP) is 4.91. The predicted molar refractivity (Wildman–Crippen MR) is 146 cm³/mol. The smallest absolute Gasteiger partial charge is 0.293 e. The first-order valence-electron chi connectivity index (χ1n) is 10.5. The van der Waals surface area contributed by atoms with E-state index in [2.05, 4.69) is 31.0 Å². The van der Waals surface area contributed by atoms with E-state index in [1.54, 1.807) is 6.07 Å². The van der Waals surface area contributed by atoms with Crippen LogP contribution < -0.4 is 14.8 Å². The summed E-state index contributed by atoms with van der Waals surface area (Å²) >= 11 is 5.03. The van der Waals surface area contributed by atoms with E-state index >= 15 is 0 Å². The summed E-state index contributed by atoms with van der Waals surface area (Å²) in [6.45, 7) is 1.44. The van der Waals surface area contributed by atoms with Crippen LogP contribution in [0.1, 0.15) is 18.1 Å². The van der Waals surface area contributed by atoms with E-state index in [9.17, 15) is 22.8 Å². The van der Waals surface area contributed by atoms with E-state index < -0.39 is 15.9 Å². The summed E-state index contributed by atoms with van der Waals surface area (Å²) in [5.74, 6) is -0.605. The number of aromatic nitrogens is 1. The zero-order chi connectivity index (χ0) is 26.7. The number of halogens is 1. The lowest BCUT2D eigenvalue weighted by Crippen LogP contribution is -2.22. The van der Waals surface area contributed by atoms with Gasteiger partial charge < -0.3 is 10.1 Å². The van der Waals surface area contributed by atoms with E-state index in [0.717, 1.165) is 39.8 Å². The molecule has 10 nitrogen and oxygen atoms in total. The minimum Gasteiger partial charge on any atom is -0.487 e. The van der Waals surface area contributed by atoms with Gasteiger partial charge in [0.2, 0.25) is 5.91 Å². The van der Waals surface area contributed by atoms with Crippen LogP contribution in [0.5, 0.6) is 5.75 Å². The first-order valence-corrected chi connectivity index (χ1v) is 14.4. The molecular weight excluding hydrogens is 604 g/mol. The lowest BCUT2D eigenvalue weighted by Gasteiger charge is -2.15. The Morgan fingerprint density at radius 3 is 2.59 bits per heavy atom. The van der Waals surface area contributed by atoms with Crippen LogP contribution in [-0.2, 0) is 26.2 Å². The van der Waals surface area contributed by atoms with Crippen LogP contribution in [0.15, 0.2) is 62.2 Å². The summed E-state index contributed by atoms with van der Waals surface area (Å²) in [6, 6.07) is 12.4. The molecule has 0 aliphatic carbocycles. The molecule has 0 radical (unpaired) electrons. The highest BCUT2D eigenvalue weighted by atomic mass is 79.9. The molecule has 1 fully saturated rings. The Bertz CT molecular complexity index is 1520. The average Bonchev–Trinajstić information content (AvgIpc) is 3.41. The molecule has 0 spiro atoms. The van der Waals surface area contributed by atoms with Crippen LogP contribution in [0.25, 0.3) is 6.08 Å². The standard InChI is InChI=1S/C23H19BrN4O6S3/c1-13(29)26-22-25-11-20(36-22)37(32,33)27-17-10-16(24)15(9-19-21(30)28(2)23(31)35-19)8-18(17)34-12-14-6-4-3-5-7-14/h3-11,27H,12H2,1-2H3,(H,25,26,29)/b19-9-. The third-order valence-electron chi connectivity index (χ3n) is 4.89. The fraction of sp³-hybridized carbons (Fsp3) is 0.130. The third kappa shape index (κ3) is 6.39. The van der Waals surface area contributed by atoms with Crippen molar-refractivity contribution in [2.75, 3.05) is 17.1 Å². The quantitative estimate of drug-likeness (QED) is 0.338. The normalized spacial score (nSPS) is 14.8. The summed E-state index contributed by atoms with van der Waals surface area (Å²) in [7, 11) is -2.68. The molecule has 0 unspecified atom stereocenters. The molecule has 2 aromatic carbocycles. The number of sulfonamides is 1. The number of benzene rings is 2. The van der Waals surface area contributed by atoms with Gasteiger partial charge in [-0.2, -0.15) is 0 Å². The van der Waals surface area contributed by atoms with E-state index in [0.29, 0.717) is 10.0 Å². The number of imide groups is 1. The van der Waals surface area contributed by atoms with Gasteiger partial charge in [-0.25, -0.2) is 13.4 Å². The van der Waals surface area contributed by atoms with Gasteiger partial charge in [0.1, 0.15) is 12.4 Å². The van der Waals surface area contributed by atoms with Crippen molar-refractivity contribution in [3.8, 4) is 5.75 Å². The highest BCUT2D eigenvalue weighted by Gasteiger charge is 2.32. The molecule has 14 heteroatoms. The zero-order valence-corrected chi connectivity index (χ0v) is 23.4. The number of anilines is 2. The fourth-order valence-corrected chi connectivity index (χ4v) is 6.50. The molecule has 2 N–H and O–H groups in total. The van der Waals surface area contributed by atoms with Crippen LogP contribution in [0.2, 0.25) is 0 Å². The Labute approximate surface area is 229 Å². The summed E-state index contributed by atoms with van der Waals surface area (Å²) in [5, 5.41) is 2.21.